The first kappa shape index (κ1) is 8.83. The molecule has 5 nitrogen and oxygen atoms in total. The largest absolute Gasteiger partial charge is 0.443 e. The predicted molar refractivity (Wildman–Crippen MR) is 52.0 cm³/mol. The van der Waals surface area contributed by atoms with Crippen LogP contribution in [0, 0.1) is 0 Å². The summed E-state index contributed by atoms with van der Waals surface area (Å²) in [4.78, 5) is 10.9. The minimum atomic E-state index is -0.425. The van der Waals surface area contributed by atoms with Crippen LogP contribution in [0.25, 0.3) is 11.5 Å². The number of hydrogen-bond donors (Lipinski definition) is 2. The van der Waals surface area contributed by atoms with Gasteiger partial charge < -0.3 is 10.2 Å². The zero-order valence-corrected chi connectivity index (χ0v) is 7.71. The highest BCUT2D eigenvalue weighted by atomic mass is 35.5. The summed E-state index contributed by atoms with van der Waals surface area (Å²) in [5.74, 6) is 0.456. The van der Waals surface area contributed by atoms with Gasteiger partial charge in [-0.05, 0) is 29.8 Å². The third-order valence-corrected chi connectivity index (χ3v) is 1.86. The van der Waals surface area contributed by atoms with E-state index in [9.17, 15) is 4.79 Å². The Morgan fingerprint density at radius 2 is 2.29 bits per heavy atom. The molecule has 2 aromatic rings. The van der Waals surface area contributed by atoms with Crippen molar-refractivity contribution in [1.82, 2.24) is 10.2 Å². The van der Waals surface area contributed by atoms with Gasteiger partial charge in [0, 0.05) is 0 Å². The lowest BCUT2D eigenvalue weighted by atomic mass is 10.3. The van der Waals surface area contributed by atoms with Gasteiger partial charge in [-0.15, -0.1) is 0 Å². The van der Waals surface area contributed by atoms with Crippen LogP contribution in [0.5, 0.6) is 0 Å². The average molecular weight is 212 g/mol. The Morgan fingerprint density at radius 3 is 2.86 bits per heavy atom. The van der Waals surface area contributed by atoms with E-state index in [1.165, 1.54) is 6.07 Å². The number of hydrogen-bond acceptors (Lipinski definition) is 4. The van der Waals surface area contributed by atoms with Crippen LogP contribution in [0.15, 0.2) is 27.4 Å². The third-order valence-electron chi connectivity index (χ3n) is 1.66. The molecule has 2 aromatic heterocycles. The average Bonchev–Trinajstić information content (AvgIpc) is 2.57. The first-order valence-corrected chi connectivity index (χ1v) is 4.15. The van der Waals surface area contributed by atoms with Crippen molar-refractivity contribution in [3.05, 3.63) is 33.8 Å². The summed E-state index contributed by atoms with van der Waals surface area (Å²) in [5, 5.41) is 6.25. The van der Waals surface area contributed by atoms with Gasteiger partial charge in [0.25, 0.3) is 5.56 Å². The Bertz CT molecular complexity index is 517. The van der Waals surface area contributed by atoms with Gasteiger partial charge in [-0.25, -0.2) is 5.10 Å². The maximum Gasteiger partial charge on any atom is 0.287 e. The summed E-state index contributed by atoms with van der Waals surface area (Å²) < 4.78 is 5.09. The lowest BCUT2D eigenvalue weighted by Gasteiger charge is -1.95. The Kier molecular flexibility index (Phi) is 2.01. The molecule has 3 N–H and O–H groups in total. The highest BCUT2D eigenvalue weighted by Crippen LogP contribution is 2.22. The van der Waals surface area contributed by atoms with Crippen molar-refractivity contribution >= 4 is 17.3 Å². The molecule has 0 atom stereocenters. The van der Waals surface area contributed by atoms with Gasteiger partial charge in [-0.1, -0.05) is 0 Å². The fourth-order valence-electron chi connectivity index (χ4n) is 0.999. The number of anilines is 1. The third kappa shape index (κ3) is 1.49. The highest BCUT2D eigenvalue weighted by Gasteiger charge is 2.06. The number of aromatic amines is 1. The molecule has 14 heavy (non-hydrogen) atoms. The smallest absolute Gasteiger partial charge is 0.287 e. The van der Waals surface area contributed by atoms with Crippen LogP contribution in [-0.2, 0) is 0 Å². The number of nitrogen functional groups attached to an aromatic ring is 1. The second-order valence-corrected chi connectivity index (χ2v) is 3.01. The quantitative estimate of drug-likeness (QED) is 0.744. The van der Waals surface area contributed by atoms with E-state index < -0.39 is 5.56 Å². The van der Waals surface area contributed by atoms with Gasteiger partial charge in [0.05, 0.1) is 0 Å². The van der Waals surface area contributed by atoms with E-state index in [0.29, 0.717) is 11.5 Å². The molecule has 0 aliphatic carbocycles. The maximum absolute atomic E-state index is 10.9. The van der Waals surface area contributed by atoms with Crippen molar-refractivity contribution in [1.29, 1.82) is 0 Å². The number of nitrogens with one attached hydrogen (secondary N) is 1. The number of H-pyrrole nitrogens is 1. The topological polar surface area (TPSA) is 84.9 Å². The minimum Gasteiger partial charge on any atom is -0.443 e. The number of nitrogens with zero attached hydrogens (tertiary/aromatic N) is 1. The van der Waals surface area contributed by atoms with Crippen molar-refractivity contribution in [2.75, 3.05) is 5.73 Å². The molecule has 2 heterocycles. The molecule has 0 aromatic carbocycles. The Hall–Kier alpha value is -1.75. The molecule has 0 fully saturated rings. The Morgan fingerprint density at radius 1 is 1.50 bits per heavy atom. The molecule has 0 saturated heterocycles. The predicted octanol–water partition coefficient (Wildman–Crippen LogP) is 1.27. The second-order valence-electron chi connectivity index (χ2n) is 2.64. The van der Waals surface area contributed by atoms with E-state index in [1.54, 1.807) is 12.1 Å². The van der Waals surface area contributed by atoms with E-state index >= 15 is 0 Å². The molecule has 0 spiro atoms. The van der Waals surface area contributed by atoms with E-state index in [-0.39, 0.29) is 10.9 Å². The van der Waals surface area contributed by atoms with Crippen LogP contribution in [0.1, 0.15) is 0 Å². The monoisotopic (exact) mass is 211 g/mol. The fraction of sp³-hybridized carbons (Fsp3) is 0. The van der Waals surface area contributed by atoms with Gasteiger partial charge in [0.2, 0.25) is 0 Å². The van der Waals surface area contributed by atoms with Gasteiger partial charge >= 0.3 is 0 Å². The molecule has 2 rings (SSSR count). The summed E-state index contributed by atoms with van der Waals surface area (Å²) in [7, 11) is 0. The maximum atomic E-state index is 10.9. The zero-order valence-electron chi connectivity index (χ0n) is 6.95. The van der Waals surface area contributed by atoms with Crippen LogP contribution in [0.3, 0.4) is 0 Å². The lowest BCUT2D eigenvalue weighted by Crippen LogP contribution is -2.13. The first-order valence-electron chi connectivity index (χ1n) is 3.78. The number of furan rings is 1. The van der Waals surface area contributed by atoms with Gasteiger partial charge in [-0.2, -0.15) is 5.10 Å². The summed E-state index contributed by atoms with van der Waals surface area (Å²) in [6.07, 6.45) is 0. The van der Waals surface area contributed by atoms with Crippen molar-refractivity contribution in [3.63, 3.8) is 0 Å². The number of rotatable bonds is 1. The molecular formula is C8H6ClN3O2. The molecule has 72 valence electrons. The number of nitrogens with two attached hydrogens (primary N) is 1. The van der Waals surface area contributed by atoms with E-state index in [1.807, 2.05) is 0 Å². The minimum absolute atomic E-state index is 0.0857. The Balaban J connectivity index is 2.52. The van der Waals surface area contributed by atoms with Crippen molar-refractivity contribution in [2.24, 2.45) is 0 Å². The second kappa shape index (κ2) is 3.19. The molecule has 0 radical (unpaired) electrons. The molecular weight excluding hydrogens is 206 g/mol. The standard InChI is InChI=1S/C8H6ClN3O2/c9-7-2-1-6(14-7)5-3-4(10)8(13)12-11-5/h1-3H,(H2,10,11)(H,12,13). The van der Waals surface area contributed by atoms with Crippen molar-refractivity contribution in [2.45, 2.75) is 0 Å². The zero-order chi connectivity index (χ0) is 10.1. The van der Waals surface area contributed by atoms with Crippen LogP contribution < -0.4 is 11.3 Å². The molecule has 0 unspecified atom stereocenters. The van der Waals surface area contributed by atoms with Crippen LogP contribution >= 0.6 is 11.6 Å². The van der Waals surface area contributed by atoms with Crippen LogP contribution in [-0.4, -0.2) is 10.2 Å². The van der Waals surface area contributed by atoms with E-state index in [2.05, 4.69) is 10.2 Å². The first-order chi connectivity index (χ1) is 6.66. The van der Waals surface area contributed by atoms with Crippen molar-refractivity contribution < 1.29 is 4.42 Å². The lowest BCUT2D eigenvalue weighted by molar-refractivity contribution is 0.580. The molecule has 0 amide bonds. The molecule has 0 bridgehead atoms. The summed E-state index contributed by atoms with van der Waals surface area (Å²) >= 11 is 5.58. The molecule has 6 heteroatoms. The fourth-order valence-corrected chi connectivity index (χ4v) is 1.14. The van der Waals surface area contributed by atoms with Crippen molar-refractivity contribution in [3.8, 4) is 11.5 Å². The summed E-state index contributed by atoms with van der Waals surface area (Å²) in [5.41, 5.74) is 5.51. The molecule has 0 aliphatic heterocycles. The summed E-state index contributed by atoms with van der Waals surface area (Å²) in [6.45, 7) is 0. The van der Waals surface area contributed by atoms with Crippen LogP contribution in [0.2, 0.25) is 5.22 Å². The normalized spacial score (nSPS) is 10.4. The van der Waals surface area contributed by atoms with E-state index in [0.717, 1.165) is 0 Å². The SMILES string of the molecule is Nc1cc(-c2ccc(Cl)o2)n[nH]c1=O. The highest BCUT2D eigenvalue weighted by molar-refractivity contribution is 6.28. The summed E-state index contributed by atoms with van der Waals surface area (Å²) in [6, 6.07) is 4.65. The molecule has 0 saturated carbocycles. The molecule has 0 aliphatic rings. The van der Waals surface area contributed by atoms with E-state index in [4.69, 9.17) is 21.8 Å². The van der Waals surface area contributed by atoms with Crippen LogP contribution in [0.4, 0.5) is 5.69 Å². The van der Waals surface area contributed by atoms with Gasteiger partial charge in [-0.3, -0.25) is 4.79 Å². The Labute approximate surface area is 83.5 Å². The van der Waals surface area contributed by atoms with Gasteiger partial charge in [0.1, 0.15) is 11.4 Å². The number of aromatic nitrogens is 2. The van der Waals surface area contributed by atoms with Gasteiger partial charge in [0.15, 0.2) is 11.0 Å². The number of halogens is 1.